The summed E-state index contributed by atoms with van der Waals surface area (Å²) in [4.78, 5) is 17.0. The fourth-order valence-corrected chi connectivity index (χ4v) is 3.78. The van der Waals surface area contributed by atoms with Crippen molar-refractivity contribution in [2.75, 3.05) is 44.5 Å². The molecule has 0 bridgehead atoms. The molecule has 1 amide bonds. The number of para-hydroxylation sites is 1. The molecule has 1 aliphatic heterocycles. The van der Waals surface area contributed by atoms with Gasteiger partial charge in [-0.3, -0.25) is 4.79 Å². The Labute approximate surface area is 160 Å². The molecule has 138 valence electrons. The smallest absolute Gasteiger partial charge is 0.253 e. The maximum Gasteiger partial charge on any atom is 0.253 e. The largest absolute Gasteiger partial charge is 0.378 e. The molecule has 0 aromatic heterocycles. The van der Waals surface area contributed by atoms with Gasteiger partial charge in [0.1, 0.15) is 0 Å². The number of benzene rings is 2. The Bertz CT molecular complexity index is 744. The molecule has 1 aliphatic rings. The summed E-state index contributed by atoms with van der Waals surface area (Å²) in [5.41, 5.74) is 4.31. The normalized spacial score (nSPS) is 14.3. The van der Waals surface area contributed by atoms with Gasteiger partial charge in [0.2, 0.25) is 0 Å². The maximum atomic E-state index is 12.9. The van der Waals surface area contributed by atoms with E-state index in [-0.39, 0.29) is 5.91 Å². The minimum Gasteiger partial charge on any atom is -0.378 e. The van der Waals surface area contributed by atoms with Gasteiger partial charge >= 0.3 is 0 Å². The minimum atomic E-state index is 0.0599. The van der Waals surface area contributed by atoms with Crippen LogP contribution in [0, 0.1) is 0 Å². The number of morpholine rings is 1. The summed E-state index contributed by atoms with van der Waals surface area (Å²) in [6.07, 6.45) is 2.07. The molecular weight excluding hydrogens is 344 g/mol. The van der Waals surface area contributed by atoms with Crippen molar-refractivity contribution in [2.24, 2.45) is 0 Å². The molecule has 1 fully saturated rings. The Kier molecular flexibility index (Phi) is 6.58. The molecule has 4 nitrogen and oxygen atoms in total. The second kappa shape index (κ2) is 9.10. The zero-order chi connectivity index (χ0) is 18.4. The van der Waals surface area contributed by atoms with Crippen LogP contribution in [0.3, 0.4) is 0 Å². The summed E-state index contributed by atoms with van der Waals surface area (Å²) in [5.74, 6) is 0.981. The van der Waals surface area contributed by atoms with E-state index in [1.807, 2.05) is 31.3 Å². The van der Waals surface area contributed by atoms with Crippen LogP contribution in [0.1, 0.15) is 21.5 Å². The Morgan fingerprint density at radius 2 is 1.92 bits per heavy atom. The fourth-order valence-electron chi connectivity index (χ4n) is 3.27. The van der Waals surface area contributed by atoms with Crippen LogP contribution in [0.5, 0.6) is 0 Å². The van der Waals surface area contributed by atoms with E-state index in [2.05, 4.69) is 35.4 Å². The first kappa shape index (κ1) is 18.8. The first-order chi connectivity index (χ1) is 12.7. The Morgan fingerprint density at radius 3 is 2.69 bits per heavy atom. The van der Waals surface area contributed by atoms with Crippen molar-refractivity contribution in [3.8, 4) is 0 Å². The number of nitrogens with zero attached hydrogens (tertiary/aromatic N) is 2. The highest BCUT2D eigenvalue weighted by Gasteiger charge is 2.18. The van der Waals surface area contributed by atoms with Gasteiger partial charge in [0.15, 0.2) is 0 Å². The van der Waals surface area contributed by atoms with E-state index in [1.54, 1.807) is 16.7 Å². The topological polar surface area (TPSA) is 32.8 Å². The van der Waals surface area contributed by atoms with Crippen LogP contribution >= 0.6 is 11.8 Å². The summed E-state index contributed by atoms with van der Waals surface area (Å²) in [6.45, 7) is 3.90. The van der Waals surface area contributed by atoms with Gasteiger partial charge in [-0.15, -0.1) is 0 Å². The number of amides is 1. The third-order valence-electron chi connectivity index (χ3n) is 4.58. The number of hydrogen-bond donors (Lipinski definition) is 0. The van der Waals surface area contributed by atoms with E-state index < -0.39 is 0 Å². The highest BCUT2D eigenvalue weighted by atomic mass is 32.2. The second-order valence-electron chi connectivity index (χ2n) is 6.52. The molecule has 26 heavy (non-hydrogen) atoms. The van der Waals surface area contributed by atoms with Crippen molar-refractivity contribution >= 4 is 23.4 Å². The average Bonchev–Trinajstić information content (AvgIpc) is 2.69. The van der Waals surface area contributed by atoms with Crippen molar-refractivity contribution in [1.82, 2.24) is 4.90 Å². The molecule has 2 aromatic rings. The quantitative estimate of drug-likeness (QED) is 0.777. The highest BCUT2D eigenvalue weighted by Crippen LogP contribution is 2.23. The van der Waals surface area contributed by atoms with Gasteiger partial charge in [0.05, 0.1) is 13.2 Å². The summed E-state index contributed by atoms with van der Waals surface area (Å²) in [6, 6.07) is 16.3. The maximum absolute atomic E-state index is 12.9. The van der Waals surface area contributed by atoms with E-state index in [0.717, 1.165) is 37.6 Å². The van der Waals surface area contributed by atoms with Gasteiger partial charge in [0.25, 0.3) is 5.91 Å². The molecule has 0 unspecified atom stereocenters. The third-order valence-corrected chi connectivity index (χ3v) is 5.20. The Hall–Kier alpha value is -1.98. The molecule has 5 heteroatoms. The number of carbonyl (C=O) groups excluding carboxylic acids is 1. The van der Waals surface area contributed by atoms with Crippen LogP contribution in [0.25, 0.3) is 0 Å². The first-order valence-corrected chi connectivity index (χ1v) is 10.3. The van der Waals surface area contributed by atoms with Crippen molar-refractivity contribution in [2.45, 2.75) is 12.3 Å². The molecule has 3 rings (SSSR count). The van der Waals surface area contributed by atoms with Crippen LogP contribution < -0.4 is 4.90 Å². The molecular formula is C21H26N2O2S. The molecule has 0 atom stereocenters. The molecule has 0 aliphatic carbocycles. The van der Waals surface area contributed by atoms with E-state index in [4.69, 9.17) is 4.74 Å². The lowest BCUT2D eigenvalue weighted by Crippen LogP contribution is -2.37. The van der Waals surface area contributed by atoms with Crippen LogP contribution in [-0.2, 0) is 17.0 Å². The molecule has 1 saturated heterocycles. The van der Waals surface area contributed by atoms with E-state index in [0.29, 0.717) is 6.54 Å². The molecule has 0 saturated carbocycles. The van der Waals surface area contributed by atoms with Crippen LogP contribution in [0.4, 0.5) is 5.69 Å². The van der Waals surface area contributed by atoms with Gasteiger partial charge in [-0.1, -0.05) is 30.3 Å². The number of anilines is 1. The summed E-state index contributed by atoms with van der Waals surface area (Å²) >= 11 is 1.76. The SMILES string of the molecule is CSCc1cccc(C(=O)N(C)Cc2ccccc2N2CCOCC2)c1. The van der Waals surface area contributed by atoms with Crippen LogP contribution in [0.2, 0.25) is 0 Å². The monoisotopic (exact) mass is 370 g/mol. The Balaban J connectivity index is 1.74. The predicted octanol–water partition coefficient (Wildman–Crippen LogP) is 3.66. The molecule has 0 N–H and O–H groups in total. The zero-order valence-electron chi connectivity index (χ0n) is 15.5. The van der Waals surface area contributed by atoms with Crippen LogP contribution in [-0.4, -0.2) is 50.4 Å². The van der Waals surface area contributed by atoms with Gasteiger partial charge in [-0.05, 0) is 35.6 Å². The number of rotatable bonds is 6. The molecule has 2 aromatic carbocycles. The third kappa shape index (κ3) is 4.59. The first-order valence-electron chi connectivity index (χ1n) is 8.93. The van der Waals surface area contributed by atoms with Crippen molar-refractivity contribution in [1.29, 1.82) is 0 Å². The molecule has 0 spiro atoms. The number of carbonyl (C=O) groups is 1. The lowest BCUT2D eigenvalue weighted by molar-refractivity contribution is 0.0784. The van der Waals surface area contributed by atoms with Gasteiger partial charge < -0.3 is 14.5 Å². The standard InChI is InChI=1S/C21H26N2O2S/c1-22(21(24)18-8-5-6-17(14-18)16-26-2)15-19-7-3-4-9-20(19)23-10-12-25-13-11-23/h3-9,14H,10-13,15-16H2,1-2H3. The summed E-state index contributed by atoms with van der Waals surface area (Å²) in [5, 5.41) is 0. The zero-order valence-corrected chi connectivity index (χ0v) is 16.3. The minimum absolute atomic E-state index is 0.0599. The number of thioether (sulfide) groups is 1. The fraction of sp³-hybridized carbons (Fsp3) is 0.381. The summed E-state index contributed by atoms with van der Waals surface area (Å²) in [7, 11) is 1.87. The Morgan fingerprint density at radius 1 is 1.15 bits per heavy atom. The predicted molar refractivity (Wildman–Crippen MR) is 109 cm³/mol. The van der Waals surface area contributed by atoms with Gasteiger partial charge in [-0.2, -0.15) is 11.8 Å². The number of ether oxygens (including phenoxy) is 1. The van der Waals surface area contributed by atoms with E-state index >= 15 is 0 Å². The van der Waals surface area contributed by atoms with Crippen LogP contribution in [0.15, 0.2) is 48.5 Å². The van der Waals surface area contributed by atoms with E-state index in [1.165, 1.54) is 16.8 Å². The average molecular weight is 371 g/mol. The second-order valence-corrected chi connectivity index (χ2v) is 7.39. The van der Waals surface area contributed by atoms with Gasteiger partial charge in [-0.25, -0.2) is 0 Å². The van der Waals surface area contributed by atoms with E-state index in [9.17, 15) is 4.79 Å². The molecule has 1 heterocycles. The van der Waals surface area contributed by atoms with Crippen molar-refractivity contribution in [3.05, 3.63) is 65.2 Å². The lowest BCUT2D eigenvalue weighted by atomic mass is 10.1. The molecule has 0 radical (unpaired) electrons. The van der Waals surface area contributed by atoms with Crippen molar-refractivity contribution < 1.29 is 9.53 Å². The van der Waals surface area contributed by atoms with Crippen molar-refractivity contribution in [3.63, 3.8) is 0 Å². The number of hydrogen-bond acceptors (Lipinski definition) is 4. The van der Waals surface area contributed by atoms with Gasteiger partial charge in [0, 0.05) is 43.7 Å². The lowest BCUT2D eigenvalue weighted by Gasteiger charge is -2.31. The highest BCUT2D eigenvalue weighted by molar-refractivity contribution is 7.97. The summed E-state index contributed by atoms with van der Waals surface area (Å²) < 4.78 is 5.46.